The van der Waals surface area contributed by atoms with Gasteiger partial charge >= 0.3 is 5.97 Å². The van der Waals surface area contributed by atoms with Crippen LogP contribution in [0.1, 0.15) is 30.4 Å². The molecular formula is C21H23ClN2O4. The maximum Gasteiger partial charge on any atom is 0.306 e. The van der Waals surface area contributed by atoms with Crippen LogP contribution in [0.25, 0.3) is 0 Å². The summed E-state index contributed by atoms with van der Waals surface area (Å²) in [4.78, 5) is 35.4. The van der Waals surface area contributed by atoms with Crippen LogP contribution in [0.5, 0.6) is 0 Å². The van der Waals surface area contributed by atoms with Gasteiger partial charge in [0.1, 0.15) is 0 Å². The van der Waals surface area contributed by atoms with Gasteiger partial charge in [0.15, 0.2) is 6.61 Å². The van der Waals surface area contributed by atoms with Gasteiger partial charge < -0.3 is 15.4 Å². The van der Waals surface area contributed by atoms with Gasteiger partial charge in [0.25, 0.3) is 5.91 Å². The molecule has 0 saturated carbocycles. The molecule has 0 atom stereocenters. The molecule has 148 valence electrons. The van der Waals surface area contributed by atoms with E-state index < -0.39 is 11.9 Å². The lowest BCUT2D eigenvalue weighted by atomic mass is 10.2. The Morgan fingerprint density at radius 3 is 2.21 bits per heavy atom. The zero-order valence-electron chi connectivity index (χ0n) is 15.9. The standard InChI is InChI=1S/C21H23ClN2O4/c1-14-6-9-16(10-7-14)23-20(26)13-28-21(27)5-3-4-19(25)24-17-11-8-15(2)18(22)12-17/h6-12H,3-5,13H2,1-2H3,(H,23,26)(H,24,25). The minimum Gasteiger partial charge on any atom is -0.456 e. The van der Waals surface area contributed by atoms with E-state index in [4.69, 9.17) is 16.3 Å². The van der Waals surface area contributed by atoms with Crippen LogP contribution >= 0.6 is 11.6 Å². The molecule has 0 spiro atoms. The van der Waals surface area contributed by atoms with Crippen LogP contribution in [0.4, 0.5) is 11.4 Å². The van der Waals surface area contributed by atoms with E-state index in [2.05, 4.69) is 10.6 Å². The number of hydrogen-bond acceptors (Lipinski definition) is 4. The van der Waals surface area contributed by atoms with Crippen molar-refractivity contribution in [2.45, 2.75) is 33.1 Å². The summed E-state index contributed by atoms with van der Waals surface area (Å²) in [6.45, 7) is 3.46. The molecule has 28 heavy (non-hydrogen) atoms. The molecule has 0 aliphatic carbocycles. The Kier molecular flexibility index (Phi) is 8.02. The summed E-state index contributed by atoms with van der Waals surface area (Å²) in [5, 5.41) is 5.94. The van der Waals surface area contributed by atoms with E-state index in [1.807, 2.05) is 32.0 Å². The Morgan fingerprint density at radius 1 is 0.893 bits per heavy atom. The van der Waals surface area contributed by atoms with E-state index in [9.17, 15) is 14.4 Å². The number of carbonyl (C=O) groups is 3. The zero-order chi connectivity index (χ0) is 20.5. The Bertz CT molecular complexity index is 850. The Balaban J connectivity index is 1.63. The first-order valence-electron chi connectivity index (χ1n) is 8.91. The Hall–Kier alpha value is -2.86. The number of benzene rings is 2. The second kappa shape index (κ2) is 10.5. The second-order valence-electron chi connectivity index (χ2n) is 6.44. The first-order valence-corrected chi connectivity index (χ1v) is 9.29. The molecule has 2 aromatic rings. The van der Waals surface area contributed by atoms with Gasteiger partial charge in [-0.1, -0.05) is 35.4 Å². The van der Waals surface area contributed by atoms with Crippen molar-refractivity contribution in [3.63, 3.8) is 0 Å². The summed E-state index contributed by atoms with van der Waals surface area (Å²) in [6.07, 6.45) is 0.542. The zero-order valence-corrected chi connectivity index (χ0v) is 16.6. The number of anilines is 2. The number of aryl methyl sites for hydroxylation is 2. The molecule has 0 fully saturated rings. The molecule has 6 nitrogen and oxygen atoms in total. The molecule has 2 aromatic carbocycles. The number of rotatable bonds is 8. The molecule has 0 saturated heterocycles. The molecule has 0 aromatic heterocycles. The summed E-state index contributed by atoms with van der Waals surface area (Å²) in [6, 6.07) is 12.5. The van der Waals surface area contributed by atoms with Crippen LogP contribution in [0.15, 0.2) is 42.5 Å². The Labute approximate surface area is 169 Å². The van der Waals surface area contributed by atoms with Gasteiger partial charge in [-0.2, -0.15) is 0 Å². The lowest BCUT2D eigenvalue weighted by Crippen LogP contribution is -2.21. The molecule has 2 N–H and O–H groups in total. The minimum absolute atomic E-state index is 0.0554. The topological polar surface area (TPSA) is 84.5 Å². The first kappa shape index (κ1) is 21.4. The number of amides is 2. The van der Waals surface area contributed by atoms with Crippen LogP contribution < -0.4 is 10.6 Å². The summed E-state index contributed by atoms with van der Waals surface area (Å²) < 4.78 is 4.93. The number of carbonyl (C=O) groups excluding carboxylic acids is 3. The molecule has 0 aliphatic rings. The van der Waals surface area contributed by atoms with E-state index in [1.165, 1.54) is 0 Å². The molecule has 2 amide bonds. The van der Waals surface area contributed by atoms with Gasteiger partial charge in [-0.3, -0.25) is 14.4 Å². The monoisotopic (exact) mass is 402 g/mol. The van der Waals surface area contributed by atoms with Crippen molar-refractivity contribution in [2.75, 3.05) is 17.2 Å². The van der Waals surface area contributed by atoms with Gasteiger partial charge in [0.05, 0.1) is 0 Å². The third-order valence-electron chi connectivity index (χ3n) is 3.94. The average Bonchev–Trinajstić information content (AvgIpc) is 2.65. The summed E-state index contributed by atoms with van der Waals surface area (Å²) in [5.74, 6) is -1.15. The average molecular weight is 403 g/mol. The van der Waals surface area contributed by atoms with Crippen LogP contribution in [-0.4, -0.2) is 24.4 Å². The van der Waals surface area contributed by atoms with Crippen LogP contribution in [0.2, 0.25) is 5.02 Å². The number of nitrogens with one attached hydrogen (secondary N) is 2. The molecule has 0 aliphatic heterocycles. The van der Waals surface area contributed by atoms with Crippen molar-refractivity contribution in [1.29, 1.82) is 0 Å². The third kappa shape index (κ3) is 7.40. The predicted octanol–water partition coefficient (Wildman–Crippen LogP) is 4.25. The van der Waals surface area contributed by atoms with Crippen molar-refractivity contribution in [1.82, 2.24) is 0 Å². The van der Waals surface area contributed by atoms with Crippen molar-refractivity contribution >= 4 is 40.8 Å². The highest BCUT2D eigenvalue weighted by molar-refractivity contribution is 6.31. The SMILES string of the molecule is Cc1ccc(NC(=O)COC(=O)CCCC(=O)Nc2ccc(C)c(Cl)c2)cc1. The van der Waals surface area contributed by atoms with Crippen molar-refractivity contribution < 1.29 is 19.1 Å². The highest BCUT2D eigenvalue weighted by Gasteiger charge is 2.10. The normalized spacial score (nSPS) is 10.2. The second-order valence-corrected chi connectivity index (χ2v) is 6.85. The van der Waals surface area contributed by atoms with E-state index >= 15 is 0 Å². The minimum atomic E-state index is -0.523. The van der Waals surface area contributed by atoms with Gasteiger partial charge in [-0.25, -0.2) is 0 Å². The molecule has 0 bridgehead atoms. The highest BCUT2D eigenvalue weighted by Crippen LogP contribution is 2.20. The van der Waals surface area contributed by atoms with E-state index in [-0.39, 0.29) is 25.4 Å². The van der Waals surface area contributed by atoms with Crippen molar-refractivity contribution in [3.8, 4) is 0 Å². The molecule has 0 heterocycles. The lowest BCUT2D eigenvalue weighted by Gasteiger charge is -2.08. The largest absolute Gasteiger partial charge is 0.456 e. The predicted molar refractivity (Wildman–Crippen MR) is 109 cm³/mol. The van der Waals surface area contributed by atoms with Gasteiger partial charge in [0, 0.05) is 29.2 Å². The van der Waals surface area contributed by atoms with Gasteiger partial charge in [-0.15, -0.1) is 0 Å². The summed E-state index contributed by atoms with van der Waals surface area (Å²) in [7, 11) is 0. The van der Waals surface area contributed by atoms with Crippen LogP contribution in [0.3, 0.4) is 0 Å². The van der Waals surface area contributed by atoms with E-state index in [1.54, 1.807) is 24.3 Å². The highest BCUT2D eigenvalue weighted by atomic mass is 35.5. The fourth-order valence-electron chi connectivity index (χ4n) is 2.34. The fourth-order valence-corrected chi connectivity index (χ4v) is 2.52. The van der Waals surface area contributed by atoms with Gasteiger partial charge in [-0.05, 0) is 50.1 Å². The van der Waals surface area contributed by atoms with Crippen LogP contribution in [0, 0.1) is 13.8 Å². The van der Waals surface area contributed by atoms with E-state index in [0.717, 1.165) is 11.1 Å². The first-order chi connectivity index (χ1) is 13.3. The smallest absolute Gasteiger partial charge is 0.306 e. The molecule has 0 unspecified atom stereocenters. The fraction of sp³-hybridized carbons (Fsp3) is 0.286. The maximum absolute atomic E-state index is 11.9. The molecule has 2 rings (SSSR count). The van der Waals surface area contributed by atoms with Gasteiger partial charge in [0.2, 0.25) is 5.91 Å². The summed E-state index contributed by atoms with van der Waals surface area (Å²) in [5.41, 5.74) is 3.25. The lowest BCUT2D eigenvalue weighted by molar-refractivity contribution is -0.147. The maximum atomic E-state index is 11.9. The number of hydrogen-bond donors (Lipinski definition) is 2. The van der Waals surface area contributed by atoms with Crippen LogP contribution in [-0.2, 0) is 19.1 Å². The third-order valence-corrected chi connectivity index (χ3v) is 4.35. The van der Waals surface area contributed by atoms with E-state index in [0.29, 0.717) is 22.8 Å². The molecule has 7 heteroatoms. The van der Waals surface area contributed by atoms with Crippen molar-refractivity contribution in [3.05, 3.63) is 58.6 Å². The van der Waals surface area contributed by atoms with Crippen molar-refractivity contribution in [2.24, 2.45) is 0 Å². The number of halogens is 1. The number of ether oxygens (including phenoxy) is 1. The summed E-state index contributed by atoms with van der Waals surface area (Å²) >= 11 is 6.02. The number of esters is 1. The quantitative estimate of drug-likeness (QED) is 0.646. The Morgan fingerprint density at radius 2 is 1.54 bits per heavy atom. The molecular weight excluding hydrogens is 380 g/mol. The molecule has 0 radical (unpaired) electrons.